The molecule has 0 aromatic rings. The van der Waals surface area contributed by atoms with Crippen molar-refractivity contribution in [3.8, 4) is 0 Å². The van der Waals surface area contributed by atoms with E-state index in [1.807, 2.05) is 0 Å². The summed E-state index contributed by atoms with van der Waals surface area (Å²) in [7, 11) is 0. The van der Waals surface area contributed by atoms with Crippen molar-refractivity contribution in [2.75, 3.05) is 26.2 Å². The van der Waals surface area contributed by atoms with E-state index in [9.17, 15) is 4.79 Å². The zero-order valence-corrected chi connectivity index (χ0v) is 20.4. The minimum absolute atomic E-state index is 0.343. The highest BCUT2D eigenvalue weighted by Crippen LogP contribution is 2.18. The number of hydrogen-bond donors (Lipinski definition) is 1. The number of unbranched alkanes of at least 4 members (excludes halogenated alkanes) is 13. The Bertz CT molecular complexity index is 335. The van der Waals surface area contributed by atoms with Gasteiger partial charge in [0.1, 0.15) is 0 Å². The van der Waals surface area contributed by atoms with Crippen LogP contribution in [0.25, 0.3) is 0 Å². The van der Waals surface area contributed by atoms with Gasteiger partial charge in [-0.3, -0.25) is 4.79 Å². The predicted molar refractivity (Wildman–Crippen MR) is 127 cm³/mol. The number of carboxylic acids is 1. The van der Waals surface area contributed by atoms with Gasteiger partial charge in [-0.25, -0.2) is 0 Å². The van der Waals surface area contributed by atoms with E-state index in [-0.39, 0.29) is 0 Å². The molecule has 0 aliphatic carbocycles. The van der Waals surface area contributed by atoms with Gasteiger partial charge in [-0.1, -0.05) is 91.4 Å². The smallest absolute Gasteiger partial charge is 0.303 e. The summed E-state index contributed by atoms with van der Waals surface area (Å²) in [5.41, 5.74) is 0. The first kappa shape index (κ1) is 28.4. The molecule has 0 aromatic carbocycles. The Morgan fingerprint density at radius 1 is 0.517 bits per heavy atom. The molecular formula is C26H54NO2+. The molecule has 0 saturated heterocycles. The predicted octanol–water partition coefficient (Wildman–Crippen LogP) is 7.97. The summed E-state index contributed by atoms with van der Waals surface area (Å²) in [6.07, 6.45) is 22.7. The molecule has 0 spiro atoms. The highest BCUT2D eigenvalue weighted by atomic mass is 16.4. The third-order valence-corrected chi connectivity index (χ3v) is 6.48. The first-order chi connectivity index (χ1) is 14.1. The molecule has 3 nitrogen and oxygen atoms in total. The molecule has 3 heteroatoms. The van der Waals surface area contributed by atoms with Crippen molar-refractivity contribution in [2.24, 2.45) is 0 Å². The average molecular weight is 413 g/mol. The van der Waals surface area contributed by atoms with E-state index in [1.165, 1.54) is 127 Å². The monoisotopic (exact) mass is 412 g/mol. The molecule has 1 N–H and O–H groups in total. The third kappa shape index (κ3) is 18.0. The molecule has 0 radical (unpaired) electrons. The summed E-state index contributed by atoms with van der Waals surface area (Å²) in [5.74, 6) is -0.651. The Morgan fingerprint density at radius 2 is 0.828 bits per heavy atom. The number of rotatable bonds is 23. The lowest BCUT2D eigenvalue weighted by Gasteiger charge is -2.39. The Labute approximate surface area is 183 Å². The van der Waals surface area contributed by atoms with Crippen LogP contribution in [0.2, 0.25) is 0 Å². The molecule has 0 aliphatic rings. The van der Waals surface area contributed by atoms with Crippen molar-refractivity contribution in [3.63, 3.8) is 0 Å². The Balaban J connectivity index is 3.83. The molecule has 0 fully saturated rings. The summed E-state index contributed by atoms with van der Waals surface area (Å²) in [6, 6.07) is 0. The van der Waals surface area contributed by atoms with Crippen LogP contribution < -0.4 is 0 Å². The fraction of sp³-hybridized carbons (Fsp3) is 0.962. The van der Waals surface area contributed by atoms with Crippen LogP contribution in [0.5, 0.6) is 0 Å². The van der Waals surface area contributed by atoms with Gasteiger partial charge in [0, 0.05) is 6.42 Å². The maximum atomic E-state index is 10.5. The SMILES string of the molecule is CCCC[N+](CCCC)(CCCC)CCCCCCCCCCCCCC(=O)O. The lowest BCUT2D eigenvalue weighted by atomic mass is 10.0. The van der Waals surface area contributed by atoms with Crippen LogP contribution in [-0.4, -0.2) is 41.7 Å². The van der Waals surface area contributed by atoms with E-state index < -0.39 is 5.97 Å². The largest absolute Gasteiger partial charge is 0.481 e. The van der Waals surface area contributed by atoms with Gasteiger partial charge in [-0.2, -0.15) is 0 Å². The maximum absolute atomic E-state index is 10.5. The second kappa shape index (κ2) is 20.7. The van der Waals surface area contributed by atoms with Gasteiger partial charge < -0.3 is 9.59 Å². The third-order valence-electron chi connectivity index (χ3n) is 6.48. The van der Waals surface area contributed by atoms with E-state index in [1.54, 1.807) is 0 Å². The Morgan fingerprint density at radius 3 is 1.17 bits per heavy atom. The maximum Gasteiger partial charge on any atom is 0.303 e. The Hall–Kier alpha value is -0.570. The fourth-order valence-corrected chi connectivity index (χ4v) is 4.47. The normalized spacial score (nSPS) is 11.8. The minimum Gasteiger partial charge on any atom is -0.481 e. The van der Waals surface area contributed by atoms with Crippen molar-refractivity contribution in [3.05, 3.63) is 0 Å². The lowest BCUT2D eigenvalue weighted by molar-refractivity contribution is -0.929. The van der Waals surface area contributed by atoms with E-state index in [2.05, 4.69) is 20.8 Å². The number of carbonyl (C=O) groups is 1. The molecule has 29 heavy (non-hydrogen) atoms. The van der Waals surface area contributed by atoms with Gasteiger partial charge in [0.2, 0.25) is 0 Å². The van der Waals surface area contributed by atoms with E-state index in [0.717, 1.165) is 12.8 Å². The molecule has 0 unspecified atom stereocenters. The highest BCUT2D eigenvalue weighted by molar-refractivity contribution is 5.66. The first-order valence-electron chi connectivity index (χ1n) is 13.2. The molecule has 0 bridgehead atoms. The molecule has 0 saturated carbocycles. The van der Waals surface area contributed by atoms with E-state index >= 15 is 0 Å². The second-order valence-electron chi connectivity index (χ2n) is 9.33. The van der Waals surface area contributed by atoms with Gasteiger partial charge in [-0.15, -0.1) is 0 Å². The van der Waals surface area contributed by atoms with Crippen LogP contribution in [-0.2, 0) is 4.79 Å². The van der Waals surface area contributed by atoms with Crippen LogP contribution >= 0.6 is 0 Å². The molecule has 0 rings (SSSR count). The summed E-state index contributed by atoms with van der Waals surface area (Å²) in [4.78, 5) is 10.5. The summed E-state index contributed by atoms with van der Waals surface area (Å²) >= 11 is 0. The molecule has 0 aromatic heterocycles. The molecule has 0 atom stereocenters. The number of nitrogens with zero attached hydrogens (tertiary/aromatic N) is 1. The van der Waals surface area contributed by atoms with Crippen molar-refractivity contribution < 1.29 is 14.4 Å². The van der Waals surface area contributed by atoms with Crippen LogP contribution in [0.4, 0.5) is 0 Å². The number of quaternary nitrogens is 1. The van der Waals surface area contributed by atoms with Gasteiger partial charge in [0.05, 0.1) is 26.2 Å². The van der Waals surface area contributed by atoms with Crippen molar-refractivity contribution in [1.29, 1.82) is 0 Å². The van der Waals surface area contributed by atoms with Gasteiger partial charge >= 0.3 is 5.97 Å². The zero-order chi connectivity index (χ0) is 21.6. The second-order valence-corrected chi connectivity index (χ2v) is 9.33. The van der Waals surface area contributed by atoms with E-state index in [4.69, 9.17) is 5.11 Å². The first-order valence-corrected chi connectivity index (χ1v) is 13.2. The minimum atomic E-state index is -0.651. The van der Waals surface area contributed by atoms with Crippen LogP contribution in [0, 0.1) is 0 Å². The fourth-order valence-electron chi connectivity index (χ4n) is 4.47. The number of aliphatic carboxylic acids is 1. The summed E-state index contributed by atoms with van der Waals surface area (Å²) in [5, 5.41) is 8.63. The standard InChI is InChI=1S/C26H53NO2/c1-4-7-22-27(23-8-5-2,24-9-6-3)25-20-18-16-14-12-10-11-13-15-17-19-21-26(28)29/h4-25H2,1-3H3/p+1. The summed E-state index contributed by atoms with van der Waals surface area (Å²) < 4.78 is 1.40. The quantitative estimate of drug-likeness (QED) is 0.136. The molecular weight excluding hydrogens is 358 g/mol. The van der Waals surface area contributed by atoms with Crippen molar-refractivity contribution >= 4 is 5.97 Å². The van der Waals surface area contributed by atoms with Gasteiger partial charge in [0.25, 0.3) is 0 Å². The van der Waals surface area contributed by atoms with Gasteiger partial charge in [-0.05, 0) is 38.5 Å². The average Bonchev–Trinajstić information content (AvgIpc) is 2.71. The molecule has 174 valence electrons. The molecule has 0 heterocycles. The van der Waals surface area contributed by atoms with Crippen LogP contribution in [0.3, 0.4) is 0 Å². The Kier molecular flexibility index (Phi) is 20.3. The summed E-state index contributed by atoms with van der Waals surface area (Å²) in [6.45, 7) is 12.6. The van der Waals surface area contributed by atoms with Crippen molar-refractivity contribution in [1.82, 2.24) is 0 Å². The molecule has 0 amide bonds. The zero-order valence-electron chi connectivity index (χ0n) is 20.4. The van der Waals surface area contributed by atoms with Crippen LogP contribution in [0.15, 0.2) is 0 Å². The topological polar surface area (TPSA) is 37.3 Å². The van der Waals surface area contributed by atoms with E-state index in [0.29, 0.717) is 6.42 Å². The highest BCUT2D eigenvalue weighted by Gasteiger charge is 2.24. The number of hydrogen-bond acceptors (Lipinski definition) is 1. The van der Waals surface area contributed by atoms with Crippen LogP contribution in [0.1, 0.15) is 136 Å². The lowest BCUT2D eigenvalue weighted by Crippen LogP contribution is -2.50. The van der Waals surface area contributed by atoms with Crippen molar-refractivity contribution in [2.45, 2.75) is 136 Å². The number of carboxylic acid groups (broad SMARTS) is 1. The van der Waals surface area contributed by atoms with Gasteiger partial charge in [0.15, 0.2) is 0 Å². The molecule has 0 aliphatic heterocycles.